The fraction of sp³-hybridized carbons (Fsp3) is 0.111. The Morgan fingerprint density at radius 3 is 2.42 bits per heavy atom. The van der Waals surface area contributed by atoms with Crippen LogP contribution in [0, 0.1) is 0 Å². The first-order valence-electron chi connectivity index (χ1n) is 3.60. The van der Waals surface area contributed by atoms with E-state index in [0.717, 1.165) is 0 Å². The van der Waals surface area contributed by atoms with Crippen LogP contribution in [0.25, 0.3) is 0 Å². The van der Waals surface area contributed by atoms with E-state index in [2.05, 4.69) is 4.99 Å². The molecule has 1 amide bonds. The molecule has 3 nitrogen and oxygen atoms in total. The molecule has 0 radical (unpaired) electrons. The van der Waals surface area contributed by atoms with Crippen LogP contribution in [0.1, 0.15) is 17.3 Å². The fourth-order valence-electron chi connectivity index (χ4n) is 0.805. The Labute approximate surface area is 70.9 Å². The van der Waals surface area contributed by atoms with Gasteiger partial charge >= 0.3 is 0 Å². The van der Waals surface area contributed by atoms with E-state index in [9.17, 15) is 4.79 Å². The number of aliphatic imine (C=N–C) groups is 1. The van der Waals surface area contributed by atoms with Gasteiger partial charge in [0, 0.05) is 5.56 Å². The lowest BCUT2D eigenvalue weighted by molar-refractivity contribution is 0.100. The molecule has 0 aromatic heterocycles. The van der Waals surface area contributed by atoms with E-state index >= 15 is 0 Å². The molecular formula is C9H10N2O. The van der Waals surface area contributed by atoms with Crippen molar-refractivity contribution in [3.63, 3.8) is 0 Å². The number of carbonyl (C=O) groups excluding carboxylic acids is 1. The lowest BCUT2D eigenvalue weighted by Gasteiger charge is -1.93. The molecule has 0 aliphatic rings. The van der Waals surface area contributed by atoms with Crippen LogP contribution in [-0.4, -0.2) is 11.7 Å². The zero-order valence-corrected chi connectivity index (χ0v) is 6.82. The Bertz CT molecular complexity index is 300. The van der Waals surface area contributed by atoms with Crippen molar-refractivity contribution in [3.05, 3.63) is 35.9 Å². The van der Waals surface area contributed by atoms with E-state index in [4.69, 9.17) is 5.73 Å². The zero-order valence-electron chi connectivity index (χ0n) is 6.82. The molecule has 2 N–H and O–H groups in total. The molecule has 0 bridgehead atoms. The molecule has 0 aliphatic heterocycles. The summed E-state index contributed by atoms with van der Waals surface area (Å²) >= 11 is 0. The Hall–Kier alpha value is -1.64. The number of rotatable bonds is 1. The average Bonchev–Trinajstić information content (AvgIpc) is 2.05. The molecule has 0 spiro atoms. The Balaban J connectivity index is 2.87. The second-order valence-corrected chi connectivity index (χ2v) is 2.42. The van der Waals surface area contributed by atoms with E-state index in [-0.39, 0.29) is 11.7 Å². The van der Waals surface area contributed by atoms with Crippen molar-refractivity contribution >= 4 is 11.7 Å². The van der Waals surface area contributed by atoms with Gasteiger partial charge in [-0.05, 0) is 19.1 Å². The smallest absolute Gasteiger partial charge is 0.278 e. The van der Waals surface area contributed by atoms with Crippen LogP contribution >= 0.6 is 0 Å². The van der Waals surface area contributed by atoms with Crippen molar-refractivity contribution in [3.8, 4) is 0 Å². The Morgan fingerprint density at radius 2 is 1.92 bits per heavy atom. The van der Waals surface area contributed by atoms with E-state index < -0.39 is 0 Å². The molecule has 0 saturated heterocycles. The topological polar surface area (TPSA) is 55.4 Å². The minimum atomic E-state index is -0.296. The van der Waals surface area contributed by atoms with Crippen molar-refractivity contribution in [2.24, 2.45) is 10.7 Å². The molecule has 1 rings (SSSR count). The number of benzene rings is 1. The summed E-state index contributed by atoms with van der Waals surface area (Å²) in [5.74, 6) is -0.0144. The van der Waals surface area contributed by atoms with Crippen molar-refractivity contribution in [1.82, 2.24) is 0 Å². The first-order chi connectivity index (χ1) is 5.70. The largest absolute Gasteiger partial charge is 0.387 e. The highest BCUT2D eigenvalue weighted by molar-refractivity contribution is 6.02. The van der Waals surface area contributed by atoms with Gasteiger partial charge in [0.15, 0.2) is 0 Å². The molecule has 1 aromatic carbocycles. The second-order valence-electron chi connectivity index (χ2n) is 2.42. The molecule has 0 heterocycles. The molecular weight excluding hydrogens is 152 g/mol. The summed E-state index contributed by atoms with van der Waals surface area (Å²) in [6, 6.07) is 8.82. The van der Waals surface area contributed by atoms with Crippen LogP contribution in [0.2, 0.25) is 0 Å². The third-order valence-corrected chi connectivity index (χ3v) is 1.30. The minimum absolute atomic E-state index is 0.281. The summed E-state index contributed by atoms with van der Waals surface area (Å²) in [6.07, 6.45) is 0. The van der Waals surface area contributed by atoms with Crippen LogP contribution < -0.4 is 5.73 Å². The molecule has 0 fully saturated rings. The summed E-state index contributed by atoms with van der Waals surface area (Å²) in [4.78, 5) is 14.8. The first-order valence-corrected chi connectivity index (χ1v) is 3.60. The number of carbonyl (C=O) groups is 1. The lowest BCUT2D eigenvalue weighted by atomic mass is 10.2. The normalized spacial score (nSPS) is 11.2. The van der Waals surface area contributed by atoms with Gasteiger partial charge in [0.25, 0.3) is 5.91 Å². The Morgan fingerprint density at radius 1 is 1.33 bits per heavy atom. The first kappa shape index (κ1) is 8.46. The van der Waals surface area contributed by atoms with E-state index in [1.54, 1.807) is 31.2 Å². The highest BCUT2D eigenvalue weighted by Gasteiger charge is 2.00. The molecule has 0 unspecified atom stereocenters. The van der Waals surface area contributed by atoms with Gasteiger partial charge in [0.05, 0.1) is 0 Å². The summed E-state index contributed by atoms with van der Waals surface area (Å²) in [5, 5.41) is 0. The third kappa shape index (κ3) is 2.20. The summed E-state index contributed by atoms with van der Waals surface area (Å²) in [7, 11) is 0. The van der Waals surface area contributed by atoms with Crippen molar-refractivity contribution < 1.29 is 4.79 Å². The average molecular weight is 162 g/mol. The van der Waals surface area contributed by atoms with Crippen LogP contribution in [0.4, 0.5) is 0 Å². The van der Waals surface area contributed by atoms with Gasteiger partial charge in [-0.15, -0.1) is 0 Å². The molecule has 62 valence electrons. The molecule has 3 heteroatoms. The predicted octanol–water partition coefficient (Wildman–Crippen LogP) is 1.20. The van der Waals surface area contributed by atoms with E-state index in [0.29, 0.717) is 5.56 Å². The minimum Gasteiger partial charge on any atom is -0.387 e. The van der Waals surface area contributed by atoms with Gasteiger partial charge in [0.1, 0.15) is 5.84 Å². The zero-order chi connectivity index (χ0) is 8.97. The molecule has 0 saturated carbocycles. The number of amides is 1. The Kier molecular flexibility index (Phi) is 2.58. The molecule has 0 aliphatic carbocycles. The van der Waals surface area contributed by atoms with Crippen LogP contribution in [0.5, 0.6) is 0 Å². The molecule has 12 heavy (non-hydrogen) atoms. The SMILES string of the molecule is C/C(N)=N/C(=O)c1ccccc1. The molecule has 0 atom stereocenters. The van der Waals surface area contributed by atoms with Crippen LogP contribution in [0.15, 0.2) is 35.3 Å². The number of nitrogens with two attached hydrogens (primary N) is 1. The van der Waals surface area contributed by atoms with Crippen LogP contribution in [0.3, 0.4) is 0 Å². The summed E-state index contributed by atoms with van der Waals surface area (Å²) in [6.45, 7) is 1.58. The standard InChI is InChI=1S/C9H10N2O/c1-7(10)11-9(12)8-5-3-2-4-6-8/h2-6H,1H3,(H2,10,11,12). The van der Waals surface area contributed by atoms with Crippen molar-refractivity contribution in [1.29, 1.82) is 0 Å². The van der Waals surface area contributed by atoms with Gasteiger partial charge in [-0.1, -0.05) is 18.2 Å². The number of hydrogen-bond donors (Lipinski definition) is 1. The van der Waals surface area contributed by atoms with Gasteiger partial charge in [0.2, 0.25) is 0 Å². The highest BCUT2D eigenvalue weighted by Crippen LogP contribution is 1.99. The monoisotopic (exact) mass is 162 g/mol. The van der Waals surface area contributed by atoms with Crippen LogP contribution in [-0.2, 0) is 0 Å². The van der Waals surface area contributed by atoms with E-state index in [1.165, 1.54) is 0 Å². The van der Waals surface area contributed by atoms with Gasteiger partial charge in [-0.2, -0.15) is 4.99 Å². The second kappa shape index (κ2) is 3.67. The third-order valence-electron chi connectivity index (χ3n) is 1.30. The fourth-order valence-corrected chi connectivity index (χ4v) is 0.805. The maximum absolute atomic E-state index is 11.2. The summed E-state index contributed by atoms with van der Waals surface area (Å²) in [5.41, 5.74) is 5.82. The highest BCUT2D eigenvalue weighted by atomic mass is 16.1. The summed E-state index contributed by atoms with van der Waals surface area (Å²) < 4.78 is 0. The number of hydrogen-bond acceptors (Lipinski definition) is 1. The van der Waals surface area contributed by atoms with Gasteiger partial charge < -0.3 is 5.73 Å². The lowest BCUT2D eigenvalue weighted by Crippen LogP contribution is -2.09. The van der Waals surface area contributed by atoms with E-state index in [1.807, 2.05) is 6.07 Å². The maximum Gasteiger partial charge on any atom is 0.278 e. The van der Waals surface area contributed by atoms with Gasteiger partial charge in [-0.3, -0.25) is 4.79 Å². The molecule has 1 aromatic rings. The number of nitrogens with zero attached hydrogens (tertiary/aromatic N) is 1. The predicted molar refractivity (Wildman–Crippen MR) is 48.1 cm³/mol. The van der Waals surface area contributed by atoms with Crippen molar-refractivity contribution in [2.45, 2.75) is 6.92 Å². The number of amidine groups is 1. The quantitative estimate of drug-likeness (QED) is 0.498. The maximum atomic E-state index is 11.2. The van der Waals surface area contributed by atoms with Gasteiger partial charge in [-0.25, -0.2) is 0 Å². The van der Waals surface area contributed by atoms with Crippen molar-refractivity contribution in [2.75, 3.05) is 0 Å².